The van der Waals surface area contributed by atoms with Crippen LogP contribution in [0.1, 0.15) is 32.6 Å². The van der Waals surface area contributed by atoms with Crippen LogP contribution in [0.15, 0.2) is 66.7 Å². The summed E-state index contributed by atoms with van der Waals surface area (Å²) in [5.41, 5.74) is 2.50. The van der Waals surface area contributed by atoms with E-state index in [0.29, 0.717) is 25.4 Å². The highest BCUT2D eigenvalue weighted by atomic mass is 16.7. The van der Waals surface area contributed by atoms with Crippen molar-refractivity contribution in [3.63, 3.8) is 0 Å². The second-order valence-electron chi connectivity index (χ2n) is 9.86. The molecule has 176 valence electrons. The van der Waals surface area contributed by atoms with Crippen LogP contribution < -0.4 is 4.90 Å². The van der Waals surface area contributed by atoms with Crippen molar-refractivity contribution in [1.29, 1.82) is 0 Å². The summed E-state index contributed by atoms with van der Waals surface area (Å²) >= 11 is 0. The van der Waals surface area contributed by atoms with Gasteiger partial charge in [0.15, 0.2) is 0 Å². The smallest absolute Gasteiger partial charge is 0.236 e. The Balaban J connectivity index is 1.21. The standard InChI is InChI=1S/C27H34N2O4/c1-19-14-27(17-32-25(19)13-24-16-31-18-33-24)20(2)21(3)29(26(27)30)15-22-9-11-28(12-10-22)23-7-5-4-6-8-23/h4-8,16,21-22,25H,1-2,9-15,17-18H2,3H3. The molecule has 0 bridgehead atoms. The number of hydrogen-bond acceptors (Lipinski definition) is 5. The number of ether oxygens (including phenoxy) is 3. The average Bonchev–Trinajstić information content (AvgIpc) is 3.41. The predicted molar refractivity (Wildman–Crippen MR) is 127 cm³/mol. The molecule has 6 nitrogen and oxygen atoms in total. The predicted octanol–water partition coefficient (Wildman–Crippen LogP) is 4.26. The Morgan fingerprint density at radius 1 is 1.15 bits per heavy atom. The van der Waals surface area contributed by atoms with Crippen LogP contribution in [0.2, 0.25) is 0 Å². The second kappa shape index (κ2) is 8.90. The third kappa shape index (κ3) is 4.05. The largest absolute Gasteiger partial charge is 0.462 e. The normalized spacial score (nSPS) is 30.6. The van der Waals surface area contributed by atoms with Gasteiger partial charge in [0.05, 0.1) is 24.2 Å². The van der Waals surface area contributed by atoms with E-state index in [1.54, 1.807) is 6.26 Å². The molecule has 33 heavy (non-hydrogen) atoms. The van der Waals surface area contributed by atoms with E-state index >= 15 is 0 Å². The van der Waals surface area contributed by atoms with E-state index in [1.807, 2.05) is 0 Å². The Hall–Kier alpha value is -2.73. The van der Waals surface area contributed by atoms with Gasteiger partial charge in [-0.15, -0.1) is 0 Å². The number of para-hydroxylation sites is 1. The summed E-state index contributed by atoms with van der Waals surface area (Å²) < 4.78 is 16.8. The van der Waals surface area contributed by atoms with Gasteiger partial charge in [-0.25, -0.2) is 0 Å². The van der Waals surface area contributed by atoms with Crippen molar-refractivity contribution in [1.82, 2.24) is 4.90 Å². The maximum absolute atomic E-state index is 13.7. The van der Waals surface area contributed by atoms with Gasteiger partial charge < -0.3 is 24.0 Å². The molecule has 4 heterocycles. The minimum absolute atomic E-state index is 0.0203. The molecule has 1 aromatic carbocycles. The van der Waals surface area contributed by atoms with Crippen LogP contribution in [0.4, 0.5) is 5.69 Å². The van der Waals surface area contributed by atoms with Crippen LogP contribution in [0.5, 0.6) is 0 Å². The number of piperidine rings is 1. The van der Waals surface area contributed by atoms with Crippen LogP contribution in [0.3, 0.4) is 0 Å². The molecule has 3 saturated heterocycles. The first kappa shape index (κ1) is 22.1. The minimum atomic E-state index is -0.681. The SMILES string of the molecule is C=C1CC2(COC1CC1=COCO1)C(=C)C(C)N(CC1CCN(c3ccccc3)CC1)C2=O. The zero-order valence-electron chi connectivity index (χ0n) is 19.5. The number of rotatable bonds is 5. The first-order chi connectivity index (χ1) is 16.0. The summed E-state index contributed by atoms with van der Waals surface area (Å²) in [4.78, 5) is 18.2. The zero-order chi connectivity index (χ0) is 23.0. The van der Waals surface area contributed by atoms with Crippen molar-refractivity contribution >= 4 is 11.6 Å². The van der Waals surface area contributed by atoms with Crippen molar-refractivity contribution in [2.45, 2.75) is 44.8 Å². The number of likely N-dealkylation sites (tertiary alicyclic amines) is 1. The summed E-state index contributed by atoms with van der Waals surface area (Å²) in [6, 6.07) is 10.6. The molecule has 0 radical (unpaired) electrons. The highest BCUT2D eigenvalue weighted by Gasteiger charge is 2.56. The molecule has 1 spiro atoms. The molecule has 0 saturated carbocycles. The number of hydrogen-bond donors (Lipinski definition) is 0. The van der Waals surface area contributed by atoms with Gasteiger partial charge in [0, 0.05) is 31.7 Å². The lowest BCUT2D eigenvalue weighted by Crippen LogP contribution is -2.46. The molecule has 1 aromatic rings. The molecule has 5 rings (SSSR count). The van der Waals surface area contributed by atoms with Crippen molar-refractivity contribution in [2.24, 2.45) is 11.3 Å². The Bertz CT molecular complexity index is 950. The summed E-state index contributed by atoms with van der Waals surface area (Å²) in [7, 11) is 0. The summed E-state index contributed by atoms with van der Waals surface area (Å²) in [5.74, 6) is 1.43. The summed E-state index contributed by atoms with van der Waals surface area (Å²) in [5, 5.41) is 0. The number of carbonyl (C=O) groups excluding carboxylic acids is 1. The first-order valence-electron chi connectivity index (χ1n) is 12.0. The van der Waals surface area contributed by atoms with E-state index in [0.717, 1.165) is 49.4 Å². The maximum atomic E-state index is 13.7. The fourth-order valence-electron chi connectivity index (χ4n) is 5.73. The fraction of sp³-hybridized carbons (Fsp3) is 0.519. The van der Waals surface area contributed by atoms with Gasteiger partial charge in [-0.05, 0) is 55.4 Å². The molecule has 6 heteroatoms. The topological polar surface area (TPSA) is 51.2 Å². The quantitative estimate of drug-likeness (QED) is 0.628. The number of benzene rings is 1. The molecule has 3 unspecified atom stereocenters. The van der Waals surface area contributed by atoms with E-state index in [1.165, 1.54) is 5.69 Å². The number of anilines is 1. The van der Waals surface area contributed by atoms with Gasteiger partial charge in [0.1, 0.15) is 12.0 Å². The number of amides is 1. The third-order valence-corrected chi connectivity index (χ3v) is 7.88. The Labute approximate surface area is 196 Å². The van der Waals surface area contributed by atoms with E-state index in [-0.39, 0.29) is 24.8 Å². The van der Waals surface area contributed by atoms with E-state index in [2.05, 4.69) is 60.2 Å². The molecule has 0 N–H and O–H groups in total. The van der Waals surface area contributed by atoms with Crippen molar-refractivity contribution < 1.29 is 19.0 Å². The fourth-order valence-corrected chi connectivity index (χ4v) is 5.73. The van der Waals surface area contributed by atoms with Crippen LogP contribution in [-0.2, 0) is 19.0 Å². The van der Waals surface area contributed by atoms with Crippen molar-refractivity contribution in [2.75, 3.05) is 37.9 Å². The first-order valence-corrected chi connectivity index (χ1v) is 12.0. The minimum Gasteiger partial charge on any atom is -0.462 e. The van der Waals surface area contributed by atoms with Crippen molar-refractivity contribution in [3.05, 3.63) is 66.7 Å². The second-order valence-corrected chi connectivity index (χ2v) is 9.86. The van der Waals surface area contributed by atoms with Gasteiger partial charge in [-0.2, -0.15) is 0 Å². The Kier molecular flexibility index (Phi) is 5.95. The molecular formula is C27H34N2O4. The van der Waals surface area contributed by atoms with Crippen molar-refractivity contribution in [3.8, 4) is 0 Å². The molecule has 4 aliphatic rings. The summed E-state index contributed by atoms with van der Waals surface area (Å²) in [6.07, 6.45) is 4.84. The molecule has 0 aromatic heterocycles. The van der Waals surface area contributed by atoms with Gasteiger partial charge >= 0.3 is 0 Å². The molecule has 3 fully saturated rings. The van der Waals surface area contributed by atoms with Crippen LogP contribution >= 0.6 is 0 Å². The van der Waals surface area contributed by atoms with Crippen LogP contribution in [0, 0.1) is 11.3 Å². The van der Waals surface area contributed by atoms with Crippen LogP contribution in [-0.4, -0.2) is 56.0 Å². The molecule has 3 atom stereocenters. The van der Waals surface area contributed by atoms with E-state index in [4.69, 9.17) is 14.2 Å². The highest BCUT2D eigenvalue weighted by molar-refractivity contribution is 5.91. The Morgan fingerprint density at radius 2 is 1.91 bits per heavy atom. The van der Waals surface area contributed by atoms with Gasteiger partial charge in [-0.1, -0.05) is 31.4 Å². The van der Waals surface area contributed by atoms with E-state index in [9.17, 15) is 4.79 Å². The maximum Gasteiger partial charge on any atom is 0.236 e. The average molecular weight is 451 g/mol. The summed E-state index contributed by atoms with van der Waals surface area (Å²) in [6.45, 7) is 14.2. The van der Waals surface area contributed by atoms with Gasteiger partial charge in [0.2, 0.25) is 12.7 Å². The molecule has 4 aliphatic heterocycles. The van der Waals surface area contributed by atoms with E-state index < -0.39 is 5.41 Å². The lowest BCUT2D eigenvalue weighted by Gasteiger charge is -2.38. The lowest BCUT2D eigenvalue weighted by molar-refractivity contribution is -0.142. The Morgan fingerprint density at radius 3 is 2.58 bits per heavy atom. The van der Waals surface area contributed by atoms with Gasteiger partial charge in [-0.3, -0.25) is 4.79 Å². The zero-order valence-corrected chi connectivity index (χ0v) is 19.5. The van der Waals surface area contributed by atoms with Gasteiger partial charge in [0.25, 0.3) is 0 Å². The van der Waals surface area contributed by atoms with Crippen LogP contribution in [0.25, 0.3) is 0 Å². The third-order valence-electron chi connectivity index (χ3n) is 7.88. The molecule has 1 amide bonds. The lowest BCUT2D eigenvalue weighted by atomic mass is 9.73. The highest BCUT2D eigenvalue weighted by Crippen LogP contribution is 2.49. The number of nitrogens with zero attached hydrogens (tertiary/aromatic N) is 2. The molecule has 0 aliphatic carbocycles. The monoisotopic (exact) mass is 450 g/mol. The number of carbonyl (C=O) groups is 1. The molecular weight excluding hydrogens is 416 g/mol.